The van der Waals surface area contributed by atoms with Gasteiger partial charge < -0.3 is 0 Å². The lowest BCUT2D eigenvalue weighted by atomic mass is 9.61. The van der Waals surface area contributed by atoms with Gasteiger partial charge in [-0.2, -0.15) is 0 Å². The van der Waals surface area contributed by atoms with Crippen LogP contribution in [0.1, 0.15) is 66.8 Å². The van der Waals surface area contributed by atoms with Gasteiger partial charge in [-0.05, 0) is 170 Å². The molecule has 0 nitrogen and oxygen atoms in total. The third-order valence-corrected chi connectivity index (χ3v) is 17.9. The molecule has 0 saturated heterocycles. The van der Waals surface area contributed by atoms with Gasteiger partial charge in [0.2, 0.25) is 0 Å². The molecule has 0 atom stereocenters. The second-order valence-electron chi connectivity index (χ2n) is 18.8. The molecular weight excluding hydrogens is 996 g/mol. The van der Waals surface area contributed by atoms with Crippen LogP contribution in [0.4, 0.5) is 0 Å². The summed E-state index contributed by atoms with van der Waals surface area (Å²) >= 11 is 12.3. The van der Waals surface area contributed by atoms with Crippen molar-refractivity contribution in [2.75, 3.05) is 0 Å². The van der Waals surface area contributed by atoms with Crippen LogP contribution in [-0.2, 0) is 16.2 Å². The number of halogens is 3. The van der Waals surface area contributed by atoms with E-state index in [1.165, 1.54) is 134 Å². The summed E-state index contributed by atoms with van der Waals surface area (Å²) in [6, 6.07) is 77.3. The van der Waals surface area contributed by atoms with Gasteiger partial charge in [0.1, 0.15) is 0 Å². The molecule has 16 rings (SSSR count). The first kappa shape index (κ1) is 36.8. The predicted octanol–water partition coefficient (Wildman–Crippen LogP) is 17.0. The molecule has 6 aliphatic carbocycles. The first-order chi connectivity index (χ1) is 32.5. The third kappa shape index (κ3) is 3.87. The van der Waals surface area contributed by atoms with Crippen LogP contribution in [-0.4, -0.2) is 0 Å². The maximum absolute atomic E-state index is 4.10. The summed E-state index contributed by atoms with van der Waals surface area (Å²) in [6.45, 7) is 0. The minimum absolute atomic E-state index is 0.620. The van der Waals surface area contributed by atoms with Gasteiger partial charge in [0.25, 0.3) is 0 Å². The van der Waals surface area contributed by atoms with Crippen LogP contribution in [0.5, 0.6) is 0 Å². The second-order valence-corrected chi connectivity index (χ2v) is 21.6. The molecule has 0 aliphatic heterocycles. The lowest BCUT2D eigenvalue weighted by molar-refractivity contribution is 0.722. The Kier molecular flexibility index (Phi) is 6.88. The zero-order chi connectivity index (χ0) is 43.4. The van der Waals surface area contributed by atoms with E-state index >= 15 is 0 Å². The summed E-state index contributed by atoms with van der Waals surface area (Å²) in [5, 5.41) is 0. The molecule has 0 aromatic heterocycles. The normalized spacial score (nSPS) is 15.9. The molecule has 306 valence electrons. The summed E-state index contributed by atoms with van der Waals surface area (Å²) in [5.74, 6) is 0. The average molecular weight is 1030 g/mol. The molecule has 10 aromatic rings. The molecule has 10 aromatic carbocycles. The molecule has 6 aliphatic rings. The van der Waals surface area contributed by atoms with Crippen LogP contribution in [0.15, 0.2) is 214 Å². The fourth-order valence-corrected chi connectivity index (χ4v) is 15.7. The van der Waals surface area contributed by atoms with Gasteiger partial charge in [0.15, 0.2) is 0 Å². The Morgan fingerprint density at radius 2 is 0.455 bits per heavy atom. The van der Waals surface area contributed by atoms with E-state index in [1.807, 2.05) is 0 Å². The summed E-state index contributed by atoms with van der Waals surface area (Å²) in [5.41, 5.74) is 30.2. The molecule has 0 N–H and O–H groups in total. The molecule has 3 spiro atoms. The van der Waals surface area contributed by atoms with Crippen molar-refractivity contribution in [1.29, 1.82) is 0 Å². The number of fused-ring (bicyclic) bond motifs is 33. The fourth-order valence-electron chi connectivity index (χ4n) is 14.6. The van der Waals surface area contributed by atoms with Crippen molar-refractivity contribution in [3.05, 3.63) is 280 Å². The first-order valence-electron chi connectivity index (χ1n) is 22.7. The van der Waals surface area contributed by atoms with E-state index in [1.54, 1.807) is 0 Å². The highest BCUT2D eigenvalue weighted by molar-refractivity contribution is 9.11. The quantitative estimate of drug-likeness (QED) is 0.142. The number of benzene rings is 10. The molecular formula is C63H33Br3. The van der Waals surface area contributed by atoms with E-state index in [9.17, 15) is 0 Å². The van der Waals surface area contributed by atoms with Crippen LogP contribution in [0, 0.1) is 0 Å². The largest absolute Gasteiger partial charge is 0.0732 e. The Labute approximate surface area is 408 Å². The Morgan fingerprint density at radius 3 is 0.773 bits per heavy atom. The zero-order valence-electron chi connectivity index (χ0n) is 35.2. The fraction of sp³-hybridized carbons (Fsp3) is 0.0476. The predicted molar refractivity (Wildman–Crippen MR) is 278 cm³/mol. The molecule has 0 radical (unpaired) electrons. The van der Waals surface area contributed by atoms with E-state index in [0.29, 0.717) is 0 Å². The van der Waals surface area contributed by atoms with E-state index in [-0.39, 0.29) is 0 Å². The SMILES string of the molecule is Brc1ccc2c(c1)C1(c3ccccc3-c3ccccc31)c1c-2c2c(c3c1-c1ccc(Br)cc1C31c3ccccc3-c3ccccc31)C1(c3ccccc3-c3ccccc31)c1cc(Br)ccc1-2. The Hall–Kier alpha value is -6.36. The second kappa shape index (κ2) is 12.3. The van der Waals surface area contributed by atoms with Gasteiger partial charge >= 0.3 is 0 Å². The summed E-state index contributed by atoms with van der Waals surface area (Å²) in [6.07, 6.45) is 0. The number of hydrogen-bond donors (Lipinski definition) is 0. The van der Waals surface area contributed by atoms with E-state index in [0.717, 1.165) is 13.4 Å². The van der Waals surface area contributed by atoms with Crippen molar-refractivity contribution < 1.29 is 0 Å². The molecule has 0 amide bonds. The topological polar surface area (TPSA) is 0 Å². The van der Waals surface area contributed by atoms with Crippen molar-refractivity contribution in [2.45, 2.75) is 16.2 Å². The molecule has 3 heteroatoms. The lowest BCUT2D eigenvalue weighted by Crippen LogP contribution is -2.34. The number of hydrogen-bond acceptors (Lipinski definition) is 0. The Morgan fingerprint density at radius 1 is 0.212 bits per heavy atom. The van der Waals surface area contributed by atoms with Crippen LogP contribution in [0.2, 0.25) is 0 Å². The van der Waals surface area contributed by atoms with E-state index < -0.39 is 16.2 Å². The van der Waals surface area contributed by atoms with Gasteiger partial charge in [0, 0.05) is 13.4 Å². The van der Waals surface area contributed by atoms with Crippen LogP contribution in [0.25, 0.3) is 66.8 Å². The Balaban J connectivity index is 1.25. The van der Waals surface area contributed by atoms with Crippen molar-refractivity contribution in [1.82, 2.24) is 0 Å². The molecule has 0 unspecified atom stereocenters. The van der Waals surface area contributed by atoms with Gasteiger partial charge in [0.05, 0.1) is 16.2 Å². The van der Waals surface area contributed by atoms with Crippen molar-refractivity contribution >= 4 is 47.8 Å². The van der Waals surface area contributed by atoms with Crippen LogP contribution >= 0.6 is 47.8 Å². The molecule has 0 fully saturated rings. The van der Waals surface area contributed by atoms with Gasteiger partial charge in [-0.15, -0.1) is 0 Å². The maximum Gasteiger partial charge on any atom is 0.0732 e. The molecule has 66 heavy (non-hydrogen) atoms. The van der Waals surface area contributed by atoms with Crippen LogP contribution in [0.3, 0.4) is 0 Å². The molecule has 0 saturated carbocycles. The van der Waals surface area contributed by atoms with E-state index in [4.69, 9.17) is 0 Å². The zero-order valence-corrected chi connectivity index (χ0v) is 39.9. The Bertz CT molecular complexity index is 3810. The lowest BCUT2D eigenvalue weighted by Gasteiger charge is -2.39. The van der Waals surface area contributed by atoms with Crippen molar-refractivity contribution in [2.24, 2.45) is 0 Å². The minimum atomic E-state index is -0.659. The molecule has 0 heterocycles. The summed E-state index contributed by atoms with van der Waals surface area (Å²) < 4.78 is 3.25. The third-order valence-electron chi connectivity index (χ3n) is 16.4. The minimum Gasteiger partial charge on any atom is -0.0619 e. The maximum atomic E-state index is 4.10. The van der Waals surface area contributed by atoms with E-state index in [2.05, 4.69) is 248 Å². The highest BCUT2D eigenvalue weighted by Crippen LogP contribution is 2.77. The standard InChI is InChI=1S/C63H33Br3/c64-34-25-28-43-52(31-34)61(46-19-7-1-13-37(46)38-14-2-8-20-47(38)61)58-55(43)56-44-29-26-35(65)32-53(44)62(48-21-9-3-15-39(48)40-16-4-10-22-49(40)62)59(56)60-57(58)45-30-27-36(66)33-54(45)63(60)50-23-11-5-17-41(50)42-18-6-12-24-51(42)63/h1-33H. The monoisotopic (exact) mass is 1030 g/mol. The van der Waals surface area contributed by atoms with Gasteiger partial charge in [-0.25, -0.2) is 0 Å². The smallest absolute Gasteiger partial charge is 0.0619 e. The summed E-state index contributed by atoms with van der Waals surface area (Å²) in [7, 11) is 0. The molecule has 0 bridgehead atoms. The summed E-state index contributed by atoms with van der Waals surface area (Å²) in [4.78, 5) is 0. The van der Waals surface area contributed by atoms with Crippen LogP contribution < -0.4 is 0 Å². The van der Waals surface area contributed by atoms with Gasteiger partial charge in [-0.3, -0.25) is 0 Å². The van der Waals surface area contributed by atoms with Gasteiger partial charge in [-0.1, -0.05) is 212 Å². The van der Waals surface area contributed by atoms with Crippen molar-refractivity contribution in [3.8, 4) is 66.8 Å². The van der Waals surface area contributed by atoms with Crippen molar-refractivity contribution in [3.63, 3.8) is 0 Å². The highest BCUT2D eigenvalue weighted by Gasteiger charge is 2.65. The average Bonchev–Trinajstić information content (AvgIpc) is 4.15. The first-order valence-corrected chi connectivity index (χ1v) is 25.1. The number of rotatable bonds is 0. The highest BCUT2D eigenvalue weighted by atomic mass is 79.9.